The lowest BCUT2D eigenvalue weighted by molar-refractivity contribution is -0.167. The largest absolute Gasteiger partial charge is 0.462 e. The van der Waals surface area contributed by atoms with Gasteiger partial charge in [0.15, 0.2) is 6.10 Å². The van der Waals surface area contributed by atoms with Crippen LogP contribution in [0.5, 0.6) is 0 Å². The molecule has 0 fully saturated rings. The average molecular weight is 833 g/mol. The minimum absolute atomic E-state index is 0.109. The van der Waals surface area contributed by atoms with Crippen molar-refractivity contribution in [2.45, 2.75) is 213 Å². The van der Waals surface area contributed by atoms with E-state index in [0.29, 0.717) is 19.3 Å². The summed E-state index contributed by atoms with van der Waals surface area (Å²) in [4.78, 5) is 37.8. The van der Waals surface area contributed by atoms with Gasteiger partial charge in [-0.25, -0.2) is 0 Å². The molecule has 0 saturated heterocycles. The molecule has 0 spiro atoms. The average Bonchev–Trinajstić information content (AvgIpc) is 3.24. The van der Waals surface area contributed by atoms with Gasteiger partial charge in [-0.1, -0.05) is 221 Å². The van der Waals surface area contributed by atoms with Crippen LogP contribution in [0.15, 0.2) is 97.2 Å². The summed E-state index contributed by atoms with van der Waals surface area (Å²) >= 11 is 0. The van der Waals surface area contributed by atoms with Crippen molar-refractivity contribution in [2.24, 2.45) is 0 Å². The number of ether oxygens (including phenoxy) is 3. The number of carbonyl (C=O) groups excluding carboxylic acids is 3. The van der Waals surface area contributed by atoms with Gasteiger partial charge in [0, 0.05) is 19.3 Å². The third kappa shape index (κ3) is 45.4. The molecule has 0 amide bonds. The third-order valence-corrected chi connectivity index (χ3v) is 10.00. The van der Waals surface area contributed by atoms with Crippen LogP contribution in [-0.4, -0.2) is 37.2 Å². The Bertz CT molecular complexity index is 1230. The second kappa shape index (κ2) is 48.0. The van der Waals surface area contributed by atoms with Gasteiger partial charge in [-0.3, -0.25) is 14.4 Å². The second-order valence-corrected chi connectivity index (χ2v) is 15.8. The van der Waals surface area contributed by atoms with Crippen LogP contribution in [0, 0.1) is 0 Å². The first-order valence-electron chi connectivity index (χ1n) is 24.3. The van der Waals surface area contributed by atoms with Gasteiger partial charge in [-0.2, -0.15) is 0 Å². The number of allylic oxidation sites excluding steroid dienone is 16. The van der Waals surface area contributed by atoms with E-state index in [0.717, 1.165) is 83.5 Å². The van der Waals surface area contributed by atoms with Gasteiger partial charge in [-0.05, 0) is 64.2 Å². The molecular formula is C54H88O6. The zero-order valence-electron chi connectivity index (χ0n) is 38.7. The highest BCUT2D eigenvalue weighted by Crippen LogP contribution is 2.15. The van der Waals surface area contributed by atoms with E-state index in [4.69, 9.17) is 14.2 Å². The third-order valence-electron chi connectivity index (χ3n) is 10.00. The van der Waals surface area contributed by atoms with E-state index in [2.05, 4.69) is 57.2 Å². The lowest BCUT2D eigenvalue weighted by Crippen LogP contribution is -2.30. The topological polar surface area (TPSA) is 78.9 Å². The molecule has 0 radical (unpaired) electrons. The number of hydrogen-bond donors (Lipinski definition) is 0. The first-order chi connectivity index (χ1) is 29.5. The van der Waals surface area contributed by atoms with Crippen LogP contribution in [0.4, 0.5) is 0 Å². The van der Waals surface area contributed by atoms with Crippen LogP contribution in [0.3, 0.4) is 0 Å². The molecule has 0 bridgehead atoms. The molecule has 1 unspecified atom stereocenters. The molecule has 1 atom stereocenters. The normalized spacial score (nSPS) is 12.9. The molecule has 0 aromatic carbocycles. The molecule has 0 aromatic heterocycles. The van der Waals surface area contributed by atoms with Crippen molar-refractivity contribution >= 4 is 17.9 Å². The molecule has 0 aliphatic rings. The molecule has 0 aliphatic carbocycles. The van der Waals surface area contributed by atoms with E-state index in [-0.39, 0.29) is 31.1 Å². The summed E-state index contributed by atoms with van der Waals surface area (Å²) in [7, 11) is 0. The summed E-state index contributed by atoms with van der Waals surface area (Å²) < 4.78 is 16.7. The van der Waals surface area contributed by atoms with Crippen LogP contribution in [0.2, 0.25) is 0 Å². The summed E-state index contributed by atoms with van der Waals surface area (Å²) in [6.07, 6.45) is 62.6. The molecule has 0 aliphatic heterocycles. The highest BCUT2D eigenvalue weighted by atomic mass is 16.6. The number of esters is 3. The minimum atomic E-state index is -0.806. The Hall–Kier alpha value is -3.67. The maximum absolute atomic E-state index is 12.8. The van der Waals surface area contributed by atoms with E-state index in [9.17, 15) is 14.4 Å². The minimum Gasteiger partial charge on any atom is -0.462 e. The Morgan fingerprint density at radius 3 is 1.23 bits per heavy atom. The number of unbranched alkanes of at least 4 members (excludes halogenated alkanes) is 20. The highest BCUT2D eigenvalue weighted by molar-refractivity contribution is 5.71. The molecule has 60 heavy (non-hydrogen) atoms. The molecule has 0 saturated carbocycles. The Balaban J connectivity index is 4.45. The zero-order chi connectivity index (χ0) is 43.7. The number of hydrogen-bond acceptors (Lipinski definition) is 6. The Morgan fingerprint density at radius 2 is 0.733 bits per heavy atom. The number of rotatable bonds is 42. The summed E-state index contributed by atoms with van der Waals surface area (Å²) in [5.74, 6) is -0.990. The van der Waals surface area contributed by atoms with Gasteiger partial charge in [-0.15, -0.1) is 0 Å². The molecule has 6 nitrogen and oxygen atoms in total. The lowest BCUT2D eigenvalue weighted by Gasteiger charge is -2.18. The Morgan fingerprint density at radius 1 is 0.367 bits per heavy atom. The number of carbonyl (C=O) groups is 3. The lowest BCUT2D eigenvalue weighted by atomic mass is 10.0. The van der Waals surface area contributed by atoms with Crippen molar-refractivity contribution in [3.8, 4) is 0 Å². The Kier molecular flexibility index (Phi) is 45.1. The summed E-state index contributed by atoms with van der Waals surface area (Å²) in [5, 5.41) is 0. The molecule has 340 valence electrons. The van der Waals surface area contributed by atoms with Gasteiger partial charge < -0.3 is 14.2 Å². The van der Waals surface area contributed by atoms with Crippen molar-refractivity contribution in [2.75, 3.05) is 13.2 Å². The summed E-state index contributed by atoms with van der Waals surface area (Å²) in [6.45, 7) is 6.29. The smallest absolute Gasteiger partial charge is 0.306 e. The van der Waals surface area contributed by atoms with E-state index >= 15 is 0 Å². The van der Waals surface area contributed by atoms with Gasteiger partial charge in [0.25, 0.3) is 0 Å². The first kappa shape index (κ1) is 56.3. The van der Waals surface area contributed by atoms with Crippen LogP contribution in [-0.2, 0) is 28.6 Å². The van der Waals surface area contributed by atoms with Crippen molar-refractivity contribution in [1.29, 1.82) is 0 Å². The van der Waals surface area contributed by atoms with Crippen LogP contribution >= 0.6 is 0 Å². The standard InChI is InChI=1S/C54H88O6/c1-4-7-10-13-16-19-21-23-25-27-29-30-32-35-38-41-44-47-53(56)59-50-51(49-58-52(55)46-43-40-37-34-18-15-12-9-6-3)60-54(57)48-45-42-39-36-33-31-28-26-24-22-20-17-14-11-8-5-2/h7,9-10,12-13,16,18-19,21,23,25,27,29-30,32,34,51H,4-6,8,11,14-15,17,20,22,24,26,28,31,33,35-50H2,1-3H3/b10-7-,12-9-,16-13-,21-19-,25-23-,29-27+,32-30-,34-18-. The van der Waals surface area contributed by atoms with Crippen molar-refractivity contribution in [1.82, 2.24) is 0 Å². The van der Waals surface area contributed by atoms with E-state index in [1.165, 1.54) is 83.5 Å². The molecule has 0 rings (SSSR count). The second-order valence-electron chi connectivity index (χ2n) is 15.8. The van der Waals surface area contributed by atoms with Gasteiger partial charge >= 0.3 is 17.9 Å². The summed E-state index contributed by atoms with van der Waals surface area (Å²) in [6, 6.07) is 0. The van der Waals surface area contributed by atoms with E-state index in [1.807, 2.05) is 60.8 Å². The van der Waals surface area contributed by atoms with Gasteiger partial charge in [0.05, 0.1) is 0 Å². The summed E-state index contributed by atoms with van der Waals surface area (Å²) in [5.41, 5.74) is 0. The Labute approximate surface area is 368 Å². The molecule has 0 aromatic rings. The quantitative estimate of drug-likeness (QED) is 0.0200. The van der Waals surface area contributed by atoms with Crippen molar-refractivity contribution < 1.29 is 28.6 Å². The van der Waals surface area contributed by atoms with Crippen LogP contribution in [0.25, 0.3) is 0 Å². The van der Waals surface area contributed by atoms with Crippen LogP contribution in [0.1, 0.15) is 207 Å². The predicted octanol–water partition coefficient (Wildman–Crippen LogP) is 15.8. The van der Waals surface area contributed by atoms with E-state index < -0.39 is 6.10 Å². The fourth-order valence-corrected chi connectivity index (χ4v) is 6.39. The molecule has 0 N–H and O–H groups in total. The fourth-order valence-electron chi connectivity index (χ4n) is 6.39. The molecule has 6 heteroatoms. The zero-order valence-corrected chi connectivity index (χ0v) is 38.7. The maximum Gasteiger partial charge on any atom is 0.306 e. The monoisotopic (exact) mass is 833 g/mol. The van der Waals surface area contributed by atoms with E-state index in [1.54, 1.807) is 0 Å². The fraction of sp³-hybridized carbons (Fsp3) is 0.648. The SMILES string of the molecule is CC\C=C/C=C\C=C/C=C\C=C\C=C/CCCCCC(=O)OCC(COC(=O)CCCC/C=C\C/C=C\CC)OC(=O)CCCCCCCCCCCCCCCCCC. The van der Waals surface area contributed by atoms with Gasteiger partial charge in [0.1, 0.15) is 13.2 Å². The van der Waals surface area contributed by atoms with Crippen molar-refractivity contribution in [3.63, 3.8) is 0 Å². The highest BCUT2D eigenvalue weighted by Gasteiger charge is 2.19. The molecular weight excluding hydrogens is 745 g/mol. The predicted molar refractivity (Wildman–Crippen MR) is 256 cm³/mol. The molecule has 0 heterocycles. The van der Waals surface area contributed by atoms with Crippen molar-refractivity contribution in [3.05, 3.63) is 97.2 Å². The first-order valence-corrected chi connectivity index (χ1v) is 24.3. The maximum atomic E-state index is 12.8. The van der Waals surface area contributed by atoms with Crippen LogP contribution < -0.4 is 0 Å². The van der Waals surface area contributed by atoms with Gasteiger partial charge in [0.2, 0.25) is 0 Å².